The van der Waals surface area contributed by atoms with Crippen molar-refractivity contribution in [2.75, 3.05) is 6.61 Å². The number of aliphatic hydroxyl groups is 4. The van der Waals surface area contributed by atoms with Crippen molar-refractivity contribution in [2.45, 2.75) is 69.5 Å². The Hall–Kier alpha value is -2.70. The Morgan fingerprint density at radius 3 is 2.52 bits per heavy atom. The van der Waals surface area contributed by atoms with Crippen LogP contribution in [0.2, 0.25) is 0 Å². The summed E-state index contributed by atoms with van der Waals surface area (Å²) in [4.78, 5) is 28.3. The van der Waals surface area contributed by atoms with Gasteiger partial charge in [-0.3, -0.25) is 0 Å². The van der Waals surface area contributed by atoms with Crippen molar-refractivity contribution in [3.05, 3.63) is 36.0 Å². The molecule has 11 nitrogen and oxygen atoms in total. The maximum atomic E-state index is 12.9. The van der Waals surface area contributed by atoms with E-state index in [2.05, 4.69) is 10.3 Å². The molecule has 0 spiro atoms. The van der Waals surface area contributed by atoms with Crippen LogP contribution in [0.5, 0.6) is 0 Å². The van der Waals surface area contributed by atoms with Gasteiger partial charge in [-0.1, -0.05) is 18.2 Å². The molecule has 11 heteroatoms. The van der Waals surface area contributed by atoms with Gasteiger partial charge in [0.25, 0.3) is 0 Å². The molecule has 33 heavy (non-hydrogen) atoms. The van der Waals surface area contributed by atoms with Gasteiger partial charge in [0.2, 0.25) is 0 Å². The van der Waals surface area contributed by atoms with Crippen LogP contribution in [0.25, 0.3) is 10.9 Å². The number of ether oxygens (including phenoxy) is 3. The Balaban J connectivity index is 1.72. The number of carbonyl (C=O) groups is 2. The molecule has 2 heterocycles. The molecule has 6 N–H and O–H groups in total. The predicted molar refractivity (Wildman–Crippen MR) is 115 cm³/mol. The molecule has 2 aromatic rings. The summed E-state index contributed by atoms with van der Waals surface area (Å²) in [5.41, 5.74) is 0.829. The number of para-hydroxylation sites is 1. The molecular formula is C22H30N2O9. The van der Waals surface area contributed by atoms with Crippen molar-refractivity contribution >= 4 is 23.0 Å². The zero-order chi connectivity index (χ0) is 24.3. The van der Waals surface area contributed by atoms with Crippen LogP contribution >= 0.6 is 0 Å². The number of aliphatic hydroxyl groups excluding tert-OH is 4. The van der Waals surface area contributed by atoms with Gasteiger partial charge in [-0.25, -0.2) is 9.59 Å². The number of fused-ring (bicyclic) bond motifs is 1. The number of carbonyl (C=O) groups excluding carboxylic acids is 2. The van der Waals surface area contributed by atoms with Crippen LogP contribution in [0.3, 0.4) is 0 Å². The Morgan fingerprint density at radius 2 is 1.82 bits per heavy atom. The quantitative estimate of drug-likeness (QED) is 0.319. The maximum Gasteiger partial charge on any atom is 0.408 e. The van der Waals surface area contributed by atoms with E-state index in [0.29, 0.717) is 0 Å². The van der Waals surface area contributed by atoms with Gasteiger partial charge < -0.3 is 44.9 Å². The van der Waals surface area contributed by atoms with E-state index >= 15 is 0 Å². The fourth-order valence-corrected chi connectivity index (χ4v) is 3.50. The lowest BCUT2D eigenvalue weighted by Crippen LogP contribution is -2.59. The van der Waals surface area contributed by atoms with Crippen molar-refractivity contribution < 1.29 is 44.2 Å². The number of aromatic nitrogens is 1. The molecule has 0 bridgehead atoms. The van der Waals surface area contributed by atoms with Crippen molar-refractivity contribution in [3.8, 4) is 0 Å². The third kappa shape index (κ3) is 6.21. The summed E-state index contributed by atoms with van der Waals surface area (Å²) < 4.78 is 15.5. The highest BCUT2D eigenvalue weighted by atomic mass is 16.7. The predicted octanol–water partition coefficient (Wildman–Crippen LogP) is -0.0532. The second kappa shape index (κ2) is 10.1. The largest absolute Gasteiger partial charge is 0.461 e. The summed E-state index contributed by atoms with van der Waals surface area (Å²) in [6.45, 7) is 4.53. The molecule has 182 valence electrons. The molecule has 0 saturated carbocycles. The average Bonchev–Trinajstić information content (AvgIpc) is 3.14. The first kappa shape index (κ1) is 24.9. The highest BCUT2D eigenvalue weighted by Gasteiger charge is 2.43. The van der Waals surface area contributed by atoms with Crippen LogP contribution in [0, 0.1) is 0 Å². The SMILES string of the molecule is CC(C)(C)OC(=O)N[C@H](Cc1c[nH]c2ccccc12)C(=O)OC[C@@H]1O[C@@H](O)[C@@H](O)[C@H](O)[C@@H]1O. The molecule has 1 fully saturated rings. The monoisotopic (exact) mass is 466 g/mol. The fraction of sp³-hybridized carbons (Fsp3) is 0.545. The molecule has 1 saturated heterocycles. The molecule has 0 unspecified atom stereocenters. The summed E-state index contributed by atoms with van der Waals surface area (Å²) in [6, 6.07) is 6.32. The molecule has 0 aliphatic carbocycles. The number of aromatic amines is 1. The maximum absolute atomic E-state index is 12.9. The summed E-state index contributed by atoms with van der Waals surface area (Å²) in [5, 5.41) is 42.4. The van der Waals surface area contributed by atoms with Crippen LogP contribution in [0.4, 0.5) is 4.79 Å². The number of hydrogen-bond acceptors (Lipinski definition) is 9. The van der Waals surface area contributed by atoms with Crippen LogP contribution in [-0.4, -0.2) is 86.4 Å². The number of hydrogen-bond donors (Lipinski definition) is 6. The van der Waals surface area contributed by atoms with Crippen LogP contribution in [-0.2, 0) is 25.4 Å². The van der Waals surface area contributed by atoms with Gasteiger partial charge >= 0.3 is 12.1 Å². The van der Waals surface area contributed by atoms with Crippen LogP contribution < -0.4 is 5.32 Å². The van der Waals surface area contributed by atoms with E-state index in [9.17, 15) is 30.0 Å². The van der Waals surface area contributed by atoms with E-state index in [1.54, 1.807) is 27.0 Å². The van der Waals surface area contributed by atoms with Crippen molar-refractivity contribution in [3.63, 3.8) is 0 Å². The lowest BCUT2D eigenvalue weighted by Gasteiger charge is -2.38. The average molecular weight is 466 g/mol. The second-order valence-corrected chi connectivity index (χ2v) is 8.93. The number of benzene rings is 1. The van der Waals surface area contributed by atoms with E-state index in [1.807, 2.05) is 24.3 Å². The Kier molecular flexibility index (Phi) is 7.60. The molecule has 1 aromatic carbocycles. The Morgan fingerprint density at radius 1 is 1.12 bits per heavy atom. The zero-order valence-corrected chi connectivity index (χ0v) is 18.6. The minimum atomic E-state index is -1.76. The van der Waals surface area contributed by atoms with Crippen LogP contribution in [0.1, 0.15) is 26.3 Å². The van der Waals surface area contributed by atoms with Gasteiger partial charge in [0.1, 0.15) is 42.7 Å². The van der Waals surface area contributed by atoms with E-state index in [0.717, 1.165) is 16.5 Å². The zero-order valence-electron chi connectivity index (χ0n) is 18.6. The number of rotatable bonds is 6. The number of H-pyrrole nitrogens is 1. The molecular weight excluding hydrogens is 436 g/mol. The Bertz CT molecular complexity index is 970. The smallest absolute Gasteiger partial charge is 0.408 e. The van der Waals surface area contributed by atoms with E-state index in [4.69, 9.17) is 14.2 Å². The van der Waals surface area contributed by atoms with Gasteiger partial charge in [-0.05, 0) is 32.4 Å². The highest BCUT2D eigenvalue weighted by molar-refractivity contribution is 5.86. The Labute approximate surface area is 190 Å². The molecule has 1 aliphatic rings. The lowest BCUT2D eigenvalue weighted by atomic mass is 9.99. The van der Waals surface area contributed by atoms with Gasteiger partial charge in [-0.15, -0.1) is 0 Å². The van der Waals surface area contributed by atoms with E-state index in [-0.39, 0.29) is 6.42 Å². The molecule has 1 aliphatic heterocycles. The fourth-order valence-electron chi connectivity index (χ4n) is 3.50. The third-order valence-electron chi connectivity index (χ3n) is 5.15. The minimum absolute atomic E-state index is 0.0835. The van der Waals surface area contributed by atoms with E-state index in [1.165, 1.54) is 0 Å². The number of nitrogens with one attached hydrogen (secondary N) is 2. The van der Waals surface area contributed by atoms with Gasteiger partial charge in [0, 0.05) is 23.5 Å². The normalized spacial score (nSPS) is 26.6. The first-order chi connectivity index (χ1) is 15.5. The highest BCUT2D eigenvalue weighted by Crippen LogP contribution is 2.22. The summed E-state index contributed by atoms with van der Waals surface area (Å²) in [6.07, 6.45) is -7.01. The first-order valence-corrected chi connectivity index (χ1v) is 10.5. The summed E-state index contributed by atoms with van der Waals surface area (Å²) in [7, 11) is 0. The summed E-state index contributed by atoms with van der Waals surface area (Å²) >= 11 is 0. The molecule has 1 amide bonds. The van der Waals surface area contributed by atoms with Crippen molar-refractivity contribution in [2.24, 2.45) is 0 Å². The first-order valence-electron chi connectivity index (χ1n) is 10.5. The number of amides is 1. The van der Waals surface area contributed by atoms with Crippen LogP contribution in [0.15, 0.2) is 30.5 Å². The molecule has 6 atom stereocenters. The lowest BCUT2D eigenvalue weighted by molar-refractivity contribution is -0.287. The van der Waals surface area contributed by atoms with Gasteiger partial charge in [0.05, 0.1) is 0 Å². The van der Waals surface area contributed by atoms with E-state index < -0.39 is 61.0 Å². The van der Waals surface area contributed by atoms with Crippen molar-refractivity contribution in [1.82, 2.24) is 10.3 Å². The number of esters is 1. The minimum Gasteiger partial charge on any atom is -0.461 e. The molecule has 0 radical (unpaired) electrons. The number of alkyl carbamates (subject to hydrolysis) is 1. The van der Waals surface area contributed by atoms with Gasteiger partial charge in [-0.2, -0.15) is 0 Å². The standard InChI is InChI=1S/C22H30N2O9/c1-22(2,3)33-21(30)24-14(8-11-9-23-13-7-5-4-6-12(11)13)19(28)31-10-15-16(25)17(26)18(27)20(29)32-15/h4-7,9,14-18,20,23,25-27,29H,8,10H2,1-3H3,(H,24,30)/t14-,15+,16-,17-,18+,20-/m1/s1. The topological polar surface area (TPSA) is 171 Å². The van der Waals surface area contributed by atoms with Gasteiger partial charge in [0.15, 0.2) is 6.29 Å². The van der Waals surface area contributed by atoms with Crippen molar-refractivity contribution in [1.29, 1.82) is 0 Å². The third-order valence-corrected chi connectivity index (χ3v) is 5.15. The summed E-state index contributed by atoms with van der Waals surface area (Å²) in [5.74, 6) is -0.836. The second-order valence-electron chi connectivity index (χ2n) is 8.93. The molecule has 1 aromatic heterocycles. The molecule has 3 rings (SSSR count).